The highest BCUT2D eigenvalue weighted by Gasteiger charge is 2.19. The highest BCUT2D eigenvalue weighted by atomic mass is 16.3. The molecule has 15 heavy (non-hydrogen) atoms. The molecule has 1 aliphatic carbocycles. The zero-order valence-electron chi connectivity index (χ0n) is 8.74. The molecule has 0 saturated carbocycles. The Bertz CT molecular complexity index is 363. The fourth-order valence-corrected chi connectivity index (χ4v) is 2.32. The van der Waals surface area contributed by atoms with Crippen molar-refractivity contribution in [3.8, 4) is 5.75 Å². The summed E-state index contributed by atoms with van der Waals surface area (Å²) in [5.41, 5.74) is 8.47. The number of aromatic hydroxyl groups is 1. The quantitative estimate of drug-likeness (QED) is 0.684. The smallest absolute Gasteiger partial charge is 0.119 e. The van der Waals surface area contributed by atoms with Gasteiger partial charge in [0.15, 0.2) is 0 Å². The van der Waals surface area contributed by atoms with E-state index in [1.807, 2.05) is 0 Å². The fourth-order valence-electron chi connectivity index (χ4n) is 2.32. The first-order valence-electron chi connectivity index (χ1n) is 5.45. The Morgan fingerprint density at radius 3 is 2.53 bits per heavy atom. The van der Waals surface area contributed by atoms with E-state index in [0.29, 0.717) is 5.75 Å². The van der Waals surface area contributed by atoms with Crippen LogP contribution in [0.2, 0.25) is 0 Å². The molecule has 1 aromatic rings. The van der Waals surface area contributed by atoms with Crippen LogP contribution in [0, 0.1) is 0 Å². The minimum absolute atomic E-state index is 0.233. The van der Waals surface area contributed by atoms with Gasteiger partial charge in [-0.1, -0.05) is 6.07 Å². The van der Waals surface area contributed by atoms with Crippen molar-refractivity contribution < 1.29 is 10.2 Å². The maximum absolute atomic E-state index is 9.77. The molecule has 1 atom stereocenters. The summed E-state index contributed by atoms with van der Waals surface area (Å²) in [6.07, 6.45) is 3.49. The number of nitrogens with two attached hydrogens (primary N) is 1. The van der Waals surface area contributed by atoms with Gasteiger partial charge >= 0.3 is 0 Å². The molecule has 0 amide bonds. The molecular formula is C12H17NO2. The molecule has 3 heteroatoms. The normalized spacial score (nSPS) is 17.2. The van der Waals surface area contributed by atoms with Crippen LogP contribution >= 0.6 is 0 Å². The van der Waals surface area contributed by atoms with Crippen LogP contribution < -0.4 is 5.73 Å². The van der Waals surface area contributed by atoms with E-state index in [9.17, 15) is 10.2 Å². The zero-order valence-corrected chi connectivity index (χ0v) is 8.74. The highest BCUT2D eigenvalue weighted by Crippen LogP contribution is 2.33. The molecule has 2 rings (SSSR count). The summed E-state index contributed by atoms with van der Waals surface area (Å²) in [6, 6.07) is 3.45. The van der Waals surface area contributed by atoms with Crippen molar-refractivity contribution in [2.75, 3.05) is 6.54 Å². The molecule has 82 valence electrons. The van der Waals surface area contributed by atoms with E-state index in [-0.39, 0.29) is 6.54 Å². The van der Waals surface area contributed by atoms with Gasteiger partial charge in [-0.05, 0) is 48.4 Å². The Labute approximate surface area is 89.5 Å². The molecule has 0 heterocycles. The lowest BCUT2D eigenvalue weighted by Crippen LogP contribution is -2.16. The standard InChI is InChI=1S/C12H17NO2/c13-7-12(15)10-5-6-11(14)9-4-2-1-3-8(9)10/h5-6,12,14-15H,1-4,7,13H2. The monoisotopic (exact) mass is 207 g/mol. The van der Waals surface area contributed by atoms with Crippen molar-refractivity contribution >= 4 is 0 Å². The number of phenols is 1. The van der Waals surface area contributed by atoms with Crippen molar-refractivity contribution in [2.45, 2.75) is 31.8 Å². The second-order valence-corrected chi connectivity index (χ2v) is 4.09. The minimum Gasteiger partial charge on any atom is -0.508 e. The molecule has 0 aliphatic heterocycles. The third-order valence-corrected chi connectivity index (χ3v) is 3.13. The van der Waals surface area contributed by atoms with E-state index in [0.717, 1.165) is 42.4 Å². The Morgan fingerprint density at radius 2 is 1.87 bits per heavy atom. The van der Waals surface area contributed by atoms with E-state index >= 15 is 0 Å². The third-order valence-electron chi connectivity index (χ3n) is 3.13. The molecule has 0 radical (unpaired) electrons. The molecular weight excluding hydrogens is 190 g/mol. The average Bonchev–Trinajstić information content (AvgIpc) is 2.29. The van der Waals surface area contributed by atoms with Crippen molar-refractivity contribution in [1.82, 2.24) is 0 Å². The molecule has 0 aromatic heterocycles. The highest BCUT2D eigenvalue weighted by molar-refractivity contribution is 5.46. The predicted octanol–water partition coefficient (Wildman–Crippen LogP) is 1.26. The first-order chi connectivity index (χ1) is 7.24. The van der Waals surface area contributed by atoms with Crippen molar-refractivity contribution in [2.24, 2.45) is 5.73 Å². The second kappa shape index (κ2) is 4.21. The van der Waals surface area contributed by atoms with Gasteiger partial charge in [0.1, 0.15) is 5.75 Å². The van der Waals surface area contributed by atoms with Gasteiger partial charge in [-0.15, -0.1) is 0 Å². The van der Waals surface area contributed by atoms with Crippen LogP contribution in [0.3, 0.4) is 0 Å². The van der Waals surface area contributed by atoms with Gasteiger partial charge in [0.2, 0.25) is 0 Å². The Morgan fingerprint density at radius 1 is 1.20 bits per heavy atom. The number of phenolic OH excluding ortho intramolecular Hbond substituents is 1. The van der Waals surface area contributed by atoms with Gasteiger partial charge in [0.25, 0.3) is 0 Å². The number of hydrogen-bond donors (Lipinski definition) is 3. The summed E-state index contributed by atoms with van der Waals surface area (Å²) >= 11 is 0. The van der Waals surface area contributed by atoms with Gasteiger partial charge in [-0.25, -0.2) is 0 Å². The average molecular weight is 207 g/mol. The van der Waals surface area contributed by atoms with E-state index in [2.05, 4.69) is 0 Å². The van der Waals surface area contributed by atoms with E-state index in [1.165, 1.54) is 0 Å². The van der Waals surface area contributed by atoms with Crippen LogP contribution in [0.5, 0.6) is 5.75 Å². The lowest BCUT2D eigenvalue weighted by molar-refractivity contribution is 0.185. The van der Waals surface area contributed by atoms with Crippen molar-refractivity contribution in [3.63, 3.8) is 0 Å². The third kappa shape index (κ3) is 1.85. The van der Waals surface area contributed by atoms with Crippen LogP contribution in [0.25, 0.3) is 0 Å². The number of benzene rings is 1. The Balaban J connectivity index is 2.48. The van der Waals surface area contributed by atoms with Gasteiger partial charge < -0.3 is 15.9 Å². The number of aliphatic hydroxyl groups excluding tert-OH is 1. The molecule has 0 bridgehead atoms. The summed E-state index contributed by atoms with van der Waals surface area (Å²) < 4.78 is 0. The van der Waals surface area contributed by atoms with Crippen LogP contribution in [-0.2, 0) is 12.8 Å². The van der Waals surface area contributed by atoms with Gasteiger partial charge in [0, 0.05) is 6.54 Å². The largest absolute Gasteiger partial charge is 0.508 e. The molecule has 4 N–H and O–H groups in total. The molecule has 1 unspecified atom stereocenters. The molecule has 0 fully saturated rings. The van der Waals surface area contributed by atoms with Crippen LogP contribution in [-0.4, -0.2) is 16.8 Å². The lowest BCUT2D eigenvalue weighted by atomic mass is 9.86. The SMILES string of the molecule is NCC(O)c1ccc(O)c2c1CCCC2. The first-order valence-corrected chi connectivity index (χ1v) is 5.45. The molecule has 0 saturated heterocycles. The first kappa shape index (κ1) is 10.5. The van der Waals surface area contributed by atoms with E-state index in [4.69, 9.17) is 5.73 Å². The van der Waals surface area contributed by atoms with E-state index < -0.39 is 6.10 Å². The summed E-state index contributed by atoms with van der Waals surface area (Å²) in [6.45, 7) is 0.233. The predicted molar refractivity (Wildman–Crippen MR) is 58.8 cm³/mol. The summed E-state index contributed by atoms with van der Waals surface area (Å²) in [4.78, 5) is 0. The number of aliphatic hydroxyl groups is 1. The van der Waals surface area contributed by atoms with Crippen molar-refractivity contribution in [3.05, 3.63) is 28.8 Å². The van der Waals surface area contributed by atoms with Gasteiger partial charge in [-0.3, -0.25) is 0 Å². The number of hydrogen-bond acceptors (Lipinski definition) is 3. The van der Waals surface area contributed by atoms with Crippen molar-refractivity contribution in [1.29, 1.82) is 0 Å². The maximum Gasteiger partial charge on any atom is 0.119 e. The summed E-state index contributed by atoms with van der Waals surface area (Å²) in [5.74, 6) is 0.359. The molecule has 1 aromatic carbocycles. The Kier molecular flexibility index (Phi) is 2.93. The molecule has 0 spiro atoms. The molecule has 3 nitrogen and oxygen atoms in total. The van der Waals surface area contributed by atoms with Crippen LogP contribution in [0.4, 0.5) is 0 Å². The zero-order chi connectivity index (χ0) is 10.8. The summed E-state index contributed by atoms with van der Waals surface area (Å²) in [5, 5.41) is 19.5. The van der Waals surface area contributed by atoms with Gasteiger partial charge in [-0.2, -0.15) is 0 Å². The molecule has 1 aliphatic rings. The Hall–Kier alpha value is -1.06. The second-order valence-electron chi connectivity index (χ2n) is 4.09. The topological polar surface area (TPSA) is 66.5 Å². The minimum atomic E-state index is -0.600. The maximum atomic E-state index is 9.77. The fraction of sp³-hybridized carbons (Fsp3) is 0.500. The van der Waals surface area contributed by atoms with Crippen LogP contribution in [0.1, 0.15) is 35.6 Å². The van der Waals surface area contributed by atoms with Gasteiger partial charge in [0.05, 0.1) is 6.10 Å². The number of rotatable bonds is 2. The summed E-state index contributed by atoms with van der Waals surface area (Å²) in [7, 11) is 0. The van der Waals surface area contributed by atoms with Crippen LogP contribution in [0.15, 0.2) is 12.1 Å². The van der Waals surface area contributed by atoms with E-state index in [1.54, 1.807) is 12.1 Å². The lowest BCUT2D eigenvalue weighted by Gasteiger charge is -2.22. The number of fused-ring (bicyclic) bond motifs is 1.